The van der Waals surface area contributed by atoms with Gasteiger partial charge in [-0.3, -0.25) is 4.79 Å². The van der Waals surface area contributed by atoms with Crippen molar-refractivity contribution < 1.29 is 4.79 Å². The molecule has 0 atom stereocenters. The van der Waals surface area contributed by atoms with Crippen LogP contribution in [-0.4, -0.2) is 20.5 Å². The van der Waals surface area contributed by atoms with E-state index in [1.165, 1.54) is 0 Å². The number of nitrogens with zero attached hydrogens (tertiary/aromatic N) is 3. The largest absolute Gasteiger partial charge is 0.366 e. The van der Waals surface area contributed by atoms with E-state index in [0.29, 0.717) is 22.2 Å². The number of carbonyl (C=O) groups excluding carboxylic acids is 1. The maximum atomic E-state index is 12.5. The minimum absolute atomic E-state index is 0.107. The fraction of sp³-hybridized carbons (Fsp3) is 0.0741. The lowest BCUT2D eigenvalue weighted by Gasteiger charge is -2.13. The Balaban J connectivity index is 1.34. The van der Waals surface area contributed by atoms with Crippen molar-refractivity contribution in [2.24, 2.45) is 0 Å². The molecular formula is C27H20BrCl2N5O. The zero-order valence-corrected chi connectivity index (χ0v) is 22.0. The Kier molecular flexibility index (Phi) is 7.23. The molecule has 0 aliphatic carbocycles. The molecular weight excluding hydrogens is 561 g/mol. The van der Waals surface area contributed by atoms with Crippen molar-refractivity contribution in [2.75, 3.05) is 10.6 Å². The summed E-state index contributed by atoms with van der Waals surface area (Å²) in [5, 5.41) is 12.1. The molecule has 2 aromatic heterocycles. The first-order chi connectivity index (χ1) is 17.5. The number of fused-ring (bicyclic) bond motifs is 1. The second kappa shape index (κ2) is 10.7. The Bertz CT molecular complexity index is 1570. The quantitative estimate of drug-likeness (QED) is 0.212. The summed E-state index contributed by atoms with van der Waals surface area (Å²) in [7, 11) is 0. The number of hydrogen-bond acceptors (Lipinski definition) is 4. The molecule has 0 unspecified atom stereocenters. The number of nitrogens with one attached hydrogen (secondary N) is 2. The van der Waals surface area contributed by atoms with Gasteiger partial charge in [-0.1, -0.05) is 65.7 Å². The molecule has 0 saturated heterocycles. The molecule has 9 heteroatoms. The van der Waals surface area contributed by atoms with E-state index >= 15 is 0 Å². The van der Waals surface area contributed by atoms with E-state index in [1.807, 2.05) is 66.7 Å². The van der Waals surface area contributed by atoms with Gasteiger partial charge in [0.1, 0.15) is 5.82 Å². The molecule has 5 aromatic rings. The maximum Gasteiger partial charge on any atom is 0.228 e. The molecule has 0 saturated carbocycles. The minimum Gasteiger partial charge on any atom is -0.366 e. The summed E-state index contributed by atoms with van der Waals surface area (Å²) >= 11 is 16.0. The van der Waals surface area contributed by atoms with Gasteiger partial charge in [-0.05, 0) is 57.4 Å². The average Bonchev–Trinajstić information content (AvgIpc) is 3.24. The first-order valence-electron chi connectivity index (χ1n) is 11.1. The van der Waals surface area contributed by atoms with Gasteiger partial charge in [-0.2, -0.15) is 9.61 Å². The summed E-state index contributed by atoms with van der Waals surface area (Å²) in [6.07, 6.45) is 1.96. The molecule has 2 N–H and O–H groups in total. The van der Waals surface area contributed by atoms with Crippen molar-refractivity contribution in [3.8, 4) is 11.3 Å². The summed E-state index contributed by atoms with van der Waals surface area (Å²) < 4.78 is 2.52. The van der Waals surface area contributed by atoms with Crippen LogP contribution >= 0.6 is 39.1 Å². The molecule has 0 fully saturated rings. The molecule has 180 valence electrons. The highest BCUT2D eigenvalue weighted by Crippen LogP contribution is 2.30. The molecule has 3 aromatic carbocycles. The average molecular weight is 581 g/mol. The Morgan fingerprint density at radius 1 is 0.944 bits per heavy atom. The Labute approximate surface area is 226 Å². The van der Waals surface area contributed by atoms with Gasteiger partial charge in [0.2, 0.25) is 5.91 Å². The van der Waals surface area contributed by atoms with Gasteiger partial charge in [0.15, 0.2) is 5.65 Å². The Morgan fingerprint density at radius 3 is 2.58 bits per heavy atom. The van der Waals surface area contributed by atoms with Crippen LogP contribution in [0.5, 0.6) is 0 Å². The fourth-order valence-corrected chi connectivity index (χ4v) is 4.65. The van der Waals surface area contributed by atoms with E-state index in [9.17, 15) is 4.79 Å². The highest BCUT2D eigenvalue weighted by Gasteiger charge is 2.13. The number of anilines is 2. The fourth-order valence-electron chi connectivity index (χ4n) is 3.86. The molecule has 0 radical (unpaired) electrons. The van der Waals surface area contributed by atoms with E-state index in [4.69, 9.17) is 28.2 Å². The van der Waals surface area contributed by atoms with E-state index in [0.717, 1.165) is 38.4 Å². The minimum atomic E-state index is -0.107. The monoisotopic (exact) mass is 579 g/mol. The van der Waals surface area contributed by atoms with Crippen LogP contribution in [0.25, 0.3) is 16.9 Å². The molecule has 2 heterocycles. The highest BCUT2D eigenvalue weighted by atomic mass is 79.9. The zero-order valence-electron chi connectivity index (χ0n) is 18.9. The van der Waals surface area contributed by atoms with Crippen molar-refractivity contribution >= 4 is 62.2 Å². The van der Waals surface area contributed by atoms with Crippen LogP contribution in [0.4, 0.5) is 11.5 Å². The number of rotatable bonds is 7. The molecule has 0 aliphatic heterocycles. The molecule has 6 nitrogen and oxygen atoms in total. The topological polar surface area (TPSA) is 71.3 Å². The van der Waals surface area contributed by atoms with Gasteiger partial charge in [-0.15, -0.1) is 0 Å². The summed E-state index contributed by atoms with van der Waals surface area (Å²) in [4.78, 5) is 17.3. The van der Waals surface area contributed by atoms with Crippen LogP contribution < -0.4 is 10.6 Å². The number of benzene rings is 3. The van der Waals surface area contributed by atoms with Gasteiger partial charge in [0.25, 0.3) is 0 Å². The van der Waals surface area contributed by atoms with Crippen molar-refractivity contribution in [1.29, 1.82) is 0 Å². The van der Waals surface area contributed by atoms with E-state index in [2.05, 4.69) is 31.7 Å². The lowest BCUT2D eigenvalue weighted by molar-refractivity contribution is -0.115. The predicted molar refractivity (Wildman–Crippen MR) is 149 cm³/mol. The van der Waals surface area contributed by atoms with Crippen molar-refractivity contribution in [1.82, 2.24) is 14.6 Å². The number of carbonyl (C=O) groups is 1. The summed E-state index contributed by atoms with van der Waals surface area (Å²) in [6, 6.07) is 24.5. The number of aromatic nitrogens is 3. The van der Waals surface area contributed by atoms with Crippen molar-refractivity contribution in [2.45, 2.75) is 13.0 Å². The summed E-state index contributed by atoms with van der Waals surface area (Å²) in [5.41, 5.74) is 4.82. The molecule has 0 aliphatic rings. The molecule has 36 heavy (non-hydrogen) atoms. The third-order valence-electron chi connectivity index (χ3n) is 5.52. The first-order valence-corrected chi connectivity index (χ1v) is 12.7. The zero-order chi connectivity index (χ0) is 25.1. The van der Waals surface area contributed by atoms with Crippen LogP contribution in [0.1, 0.15) is 11.1 Å². The van der Waals surface area contributed by atoms with Gasteiger partial charge < -0.3 is 10.6 Å². The number of amides is 1. The number of hydrogen-bond donors (Lipinski definition) is 2. The smallest absolute Gasteiger partial charge is 0.228 e. The first kappa shape index (κ1) is 24.3. The van der Waals surface area contributed by atoms with E-state index in [-0.39, 0.29) is 12.3 Å². The van der Waals surface area contributed by atoms with Crippen LogP contribution in [-0.2, 0) is 17.8 Å². The normalized spacial score (nSPS) is 11.0. The maximum absolute atomic E-state index is 12.5. The Morgan fingerprint density at radius 2 is 1.75 bits per heavy atom. The SMILES string of the molecule is O=C(Cc1cccc(Cl)c1)Nc1cccc(CNc2cc(-c3ccccc3Cl)nc3c(Br)cnn23)c1. The second-order valence-corrected chi connectivity index (χ2v) is 9.84. The lowest BCUT2D eigenvalue weighted by atomic mass is 10.1. The van der Waals surface area contributed by atoms with Gasteiger partial charge >= 0.3 is 0 Å². The van der Waals surface area contributed by atoms with Gasteiger partial charge in [0.05, 0.1) is 22.8 Å². The third-order valence-corrected chi connectivity index (χ3v) is 6.64. The van der Waals surface area contributed by atoms with Gasteiger partial charge in [0, 0.05) is 33.9 Å². The van der Waals surface area contributed by atoms with Crippen LogP contribution in [0.2, 0.25) is 10.0 Å². The van der Waals surface area contributed by atoms with E-state index < -0.39 is 0 Å². The number of halogens is 3. The molecule has 5 rings (SSSR count). The highest BCUT2D eigenvalue weighted by molar-refractivity contribution is 9.10. The van der Waals surface area contributed by atoms with Crippen LogP contribution in [0, 0.1) is 0 Å². The predicted octanol–water partition coefficient (Wildman–Crippen LogP) is 7.26. The molecule has 1 amide bonds. The van der Waals surface area contributed by atoms with Crippen LogP contribution in [0.15, 0.2) is 89.5 Å². The van der Waals surface area contributed by atoms with Crippen molar-refractivity contribution in [3.05, 3.63) is 111 Å². The van der Waals surface area contributed by atoms with Crippen LogP contribution in [0.3, 0.4) is 0 Å². The molecule has 0 spiro atoms. The van der Waals surface area contributed by atoms with Gasteiger partial charge in [-0.25, -0.2) is 4.98 Å². The standard InChI is InChI=1S/C27H20BrCl2N5O/c28-22-16-32-35-25(14-24(34-27(22)35)21-9-1-2-10-23(21)30)31-15-18-6-4-8-20(12-18)33-26(36)13-17-5-3-7-19(29)11-17/h1-12,14,16,31H,13,15H2,(H,33,36). The van der Waals surface area contributed by atoms with Crippen molar-refractivity contribution in [3.63, 3.8) is 0 Å². The lowest BCUT2D eigenvalue weighted by Crippen LogP contribution is -2.14. The second-order valence-electron chi connectivity index (χ2n) is 8.14. The van der Waals surface area contributed by atoms with E-state index in [1.54, 1.807) is 22.8 Å². The summed E-state index contributed by atoms with van der Waals surface area (Å²) in [6.45, 7) is 0.510. The third kappa shape index (κ3) is 5.54. The summed E-state index contributed by atoms with van der Waals surface area (Å²) in [5.74, 6) is 0.653. The Hall–Kier alpha value is -3.39. The molecule has 0 bridgehead atoms.